The Labute approximate surface area is 122 Å². The summed E-state index contributed by atoms with van der Waals surface area (Å²) >= 11 is 0. The molecule has 106 valence electrons. The summed E-state index contributed by atoms with van der Waals surface area (Å²) in [6, 6.07) is 14.2. The van der Waals surface area contributed by atoms with Crippen LogP contribution in [0.15, 0.2) is 48.5 Å². The number of carboxylic acid groups (broad SMARTS) is 1. The largest absolute Gasteiger partial charge is 0.478 e. The van der Waals surface area contributed by atoms with Gasteiger partial charge in [0.05, 0.1) is 5.56 Å². The molecule has 2 aromatic carbocycles. The number of hydrogen-bond acceptors (Lipinski definition) is 2. The van der Waals surface area contributed by atoms with Gasteiger partial charge in [-0.2, -0.15) is 0 Å². The number of amides is 1. The Balaban J connectivity index is 1.79. The van der Waals surface area contributed by atoms with E-state index >= 15 is 0 Å². The van der Waals surface area contributed by atoms with Crippen LogP contribution in [0, 0.1) is 0 Å². The van der Waals surface area contributed by atoms with E-state index in [1.54, 1.807) is 17.0 Å². The lowest BCUT2D eigenvalue weighted by Crippen LogP contribution is -2.35. The van der Waals surface area contributed by atoms with E-state index in [-0.39, 0.29) is 11.5 Å². The maximum absolute atomic E-state index is 12.5. The molecule has 0 atom stereocenters. The summed E-state index contributed by atoms with van der Waals surface area (Å²) in [7, 11) is 0. The maximum atomic E-state index is 12.5. The number of hydrogen-bond donors (Lipinski definition) is 1. The van der Waals surface area contributed by atoms with Gasteiger partial charge in [0, 0.05) is 18.7 Å². The Morgan fingerprint density at radius 3 is 2.19 bits per heavy atom. The first-order chi connectivity index (χ1) is 10.1. The Hall–Kier alpha value is -2.62. The normalized spacial score (nSPS) is 13.6. The summed E-state index contributed by atoms with van der Waals surface area (Å²) in [6.07, 6.45) is 0.856. The first-order valence-electron chi connectivity index (χ1n) is 6.84. The number of carbonyl (C=O) groups is 2. The first-order valence-corrected chi connectivity index (χ1v) is 6.84. The fourth-order valence-corrected chi connectivity index (χ4v) is 2.61. The molecule has 0 aliphatic carbocycles. The lowest BCUT2D eigenvalue weighted by molar-refractivity contribution is 0.0692. The third-order valence-corrected chi connectivity index (χ3v) is 3.80. The van der Waals surface area contributed by atoms with E-state index in [1.807, 2.05) is 18.2 Å². The molecule has 2 aromatic rings. The third-order valence-electron chi connectivity index (χ3n) is 3.80. The van der Waals surface area contributed by atoms with E-state index in [9.17, 15) is 9.59 Å². The number of rotatable bonds is 2. The van der Waals surface area contributed by atoms with Crippen molar-refractivity contribution in [1.29, 1.82) is 0 Å². The molecule has 1 N–H and O–H groups in total. The number of carbonyl (C=O) groups excluding carboxylic acids is 1. The lowest BCUT2D eigenvalue weighted by atomic mass is 9.99. The summed E-state index contributed by atoms with van der Waals surface area (Å²) < 4.78 is 0. The molecule has 3 rings (SSSR count). The second-order valence-corrected chi connectivity index (χ2v) is 5.13. The zero-order valence-corrected chi connectivity index (χ0v) is 11.5. The fourth-order valence-electron chi connectivity index (χ4n) is 2.61. The van der Waals surface area contributed by atoms with Gasteiger partial charge in [-0.15, -0.1) is 0 Å². The maximum Gasteiger partial charge on any atom is 0.335 e. The second-order valence-electron chi connectivity index (χ2n) is 5.13. The van der Waals surface area contributed by atoms with Gasteiger partial charge in [-0.25, -0.2) is 4.79 Å². The van der Waals surface area contributed by atoms with E-state index in [0.717, 1.165) is 6.42 Å². The zero-order chi connectivity index (χ0) is 14.8. The highest BCUT2D eigenvalue weighted by molar-refractivity contribution is 5.96. The molecule has 0 saturated carbocycles. The van der Waals surface area contributed by atoms with Gasteiger partial charge in [0.1, 0.15) is 0 Å². The molecule has 0 radical (unpaired) electrons. The van der Waals surface area contributed by atoms with Gasteiger partial charge < -0.3 is 10.0 Å². The average Bonchev–Trinajstić information content (AvgIpc) is 2.54. The minimum Gasteiger partial charge on any atom is -0.478 e. The van der Waals surface area contributed by atoms with E-state index in [2.05, 4.69) is 6.07 Å². The van der Waals surface area contributed by atoms with Crippen molar-refractivity contribution in [3.63, 3.8) is 0 Å². The Kier molecular flexibility index (Phi) is 3.44. The fraction of sp³-hybridized carbons (Fsp3) is 0.176. The SMILES string of the molecule is O=C(O)c1ccc(C(=O)N2CCc3ccccc3C2)cc1. The second kappa shape index (κ2) is 5.40. The van der Waals surface area contributed by atoms with Crippen molar-refractivity contribution < 1.29 is 14.7 Å². The highest BCUT2D eigenvalue weighted by Crippen LogP contribution is 2.20. The summed E-state index contributed by atoms with van der Waals surface area (Å²) in [4.78, 5) is 25.1. The number of benzene rings is 2. The Morgan fingerprint density at radius 1 is 0.905 bits per heavy atom. The molecule has 1 heterocycles. The van der Waals surface area contributed by atoms with Crippen LogP contribution in [0.25, 0.3) is 0 Å². The van der Waals surface area contributed by atoms with E-state index < -0.39 is 5.97 Å². The Morgan fingerprint density at radius 2 is 1.52 bits per heavy atom. The highest BCUT2D eigenvalue weighted by atomic mass is 16.4. The van der Waals surface area contributed by atoms with Crippen LogP contribution in [-0.2, 0) is 13.0 Å². The van der Waals surface area contributed by atoms with Gasteiger partial charge >= 0.3 is 5.97 Å². The van der Waals surface area contributed by atoms with E-state index in [1.165, 1.54) is 23.3 Å². The van der Waals surface area contributed by atoms with Gasteiger partial charge in [0.2, 0.25) is 0 Å². The van der Waals surface area contributed by atoms with Gasteiger partial charge in [0.15, 0.2) is 0 Å². The van der Waals surface area contributed by atoms with Crippen molar-refractivity contribution in [1.82, 2.24) is 4.90 Å². The van der Waals surface area contributed by atoms with Gasteiger partial charge in [-0.05, 0) is 41.8 Å². The van der Waals surface area contributed by atoms with Crippen LogP contribution in [0.3, 0.4) is 0 Å². The molecular formula is C17H15NO3. The quantitative estimate of drug-likeness (QED) is 0.920. The van der Waals surface area contributed by atoms with Crippen LogP contribution >= 0.6 is 0 Å². The molecule has 1 amide bonds. The van der Waals surface area contributed by atoms with Crippen LogP contribution in [0.5, 0.6) is 0 Å². The summed E-state index contributed by atoms with van der Waals surface area (Å²) in [5.74, 6) is -1.04. The summed E-state index contributed by atoms with van der Waals surface area (Å²) in [6.45, 7) is 1.30. The number of nitrogens with zero attached hydrogens (tertiary/aromatic N) is 1. The predicted molar refractivity (Wildman–Crippen MR) is 78.3 cm³/mol. The Bertz CT molecular complexity index is 691. The molecular weight excluding hydrogens is 266 g/mol. The highest BCUT2D eigenvalue weighted by Gasteiger charge is 2.21. The van der Waals surface area contributed by atoms with Crippen LogP contribution in [0.2, 0.25) is 0 Å². The van der Waals surface area contributed by atoms with Crippen molar-refractivity contribution in [2.75, 3.05) is 6.54 Å². The van der Waals surface area contributed by atoms with Crippen molar-refractivity contribution >= 4 is 11.9 Å². The van der Waals surface area contributed by atoms with Crippen molar-refractivity contribution in [2.45, 2.75) is 13.0 Å². The topological polar surface area (TPSA) is 57.6 Å². The van der Waals surface area contributed by atoms with Gasteiger partial charge in [-0.1, -0.05) is 24.3 Å². The van der Waals surface area contributed by atoms with Gasteiger partial charge in [0.25, 0.3) is 5.91 Å². The predicted octanol–water partition coefficient (Wildman–Crippen LogP) is 2.58. The minimum atomic E-state index is -0.985. The molecule has 21 heavy (non-hydrogen) atoms. The molecule has 1 aliphatic heterocycles. The molecule has 4 heteroatoms. The van der Waals surface area contributed by atoms with Crippen LogP contribution in [-0.4, -0.2) is 28.4 Å². The van der Waals surface area contributed by atoms with Crippen LogP contribution in [0.4, 0.5) is 0 Å². The molecule has 0 aromatic heterocycles. The number of aromatic carboxylic acids is 1. The molecule has 0 bridgehead atoms. The minimum absolute atomic E-state index is 0.0542. The molecule has 1 aliphatic rings. The lowest BCUT2D eigenvalue weighted by Gasteiger charge is -2.29. The smallest absolute Gasteiger partial charge is 0.335 e. The molecule has 0 fully saturated rings. The zero-order valence-electron chi connectivity index (χ0n) is 11.5. The third kappa shape index (κ3) is 2.65. The number of fused-ring (bicyclic) bond motifs is 1. The van der Waals surface area contributed by atoms with Gasteiger partial charge in [-0.3, -0.25) is 4.79 Å². The van der Waals surface area contributed by atoms with Crippen molar-refractivity contribution in [3.8, 4) is 0 Å². The monoisotopic (exact) mass is 281 g/mol. The first kappa shape index (κ1) is 13.4. The van der Waals surface area contributed by atoms with Crippen LogP contribution < -0.4 is 0 Å². The van der Waals surface area contributed by atoms with Crippen molar-refractivity contribution in [3.05, 3.63) is 70.8 Å². The molecule has 4 nitrogen and oxygen atoms in total. The molecule has 0 saturated heterocycles. The van der Waals surface area contributed by atoms with E-state index in [4.69, 9.17) is 5.11 Å². The van der Waals surface area contributed by atoms with E-state index in [0.29, 0.717) is 18.7 Å². The standard InChI is InChI=1S/C17H15NO3/c19-16(13-5-7-14(8-6-13)17(20)21)18-10-9-12-3-1-2-4-15(12)11-18/h1-8H,9-11H2,(H,20,21). The summed E-state index contributed by atoms with van der Waals surface area (Å²) in [5, 5.41) is 8.88. The number of carboxylic acids is 1. The molecule has 0 spiro atoms. The van der Waals surface area contributed by atoms with Crippen LogP contribution in [0.1, 0.15) is 31.8 Å². The molecule has 0 unspecified atom stereocenters. The summed E-state index contributed by atoms with van der Waals surface area (Å²) in [5.41, 5.74) is 3.19. The van der Waals surface area contributed by atoms with Crippen molar-refractivity contribution in [2.24, 2.45) is 0 Å². The average molecular weight is 281 g/mol.